The van der Waals surface area contributed by atoms with Crippen LogP contribution in [-0.2, 0) is 26.0 Å². The van der Waals surface area contributed by atoms with E-state index in [4.69, 9.17) is 0 Å². The summed E-state index contributed by atoms with van der Waals surface area (Å²) in [6.07, 6.45) is 1.96. The van der Waals surface area contributed by atoms with E-state index >= 15 is 0 Å². The summed E-state index contributed by atoms with van der Waals surface area (Å²) in [6, 6.07) is 17.5. The highest BCUT2D eigenvalue weighted by atomic mass is 32.2. The summed E-state index contributed by atoms with van der Waals surface area (Å²) in [6.45, 7) is 6.29. The van der Waals surface area contributed by atoms with E-state index < -0.39 is 16.1 Å². The van der Waals surface area contributed by atoms with Gasteiger partial charge in [-0.3, -0.25) is 9.59 Å². The van der Waals surface area contributed by atoms with Crippen molar-refractivity contribution in [3.8, 4) is 0 Å². The number of benzene rings is 2. The van der Waals surface area contributed by atoms with Crippen LogP contribution in [-0.4, -0.2) is 61.7 Å². The van der Waals surface area contributed by atoms with Crippen molar-refractivity contribution in [2.75, 3.05) is 20.1 Å². The summed E-state index contributed by atoms with van der Waals surface area (Å²) < 4.78 is 26.7. The number of hydrogen-bond acceptors (Lipinski definition) is 4. The molecule has 2 aromatic carbocycles. The van der Waals surface area contributed by atoms with Gasteiger partial charge >= 0.3 is 0 Å². The molecule has 0 fully saturated rings. The molecule has 0 saturated carbocycles. The van der Waals surface area contributed by atoms with Crippen molar-refractivity contribution in [2.45, 2.75) is 63.4 Å². The van der Waals surface area contributed by atoms with E-state index in [0.717, 1.165) is 12.0 Å². The molecular weight excluding hydrogens is 450 g/mol. The molecule has 0 unspecified atom stereocenters. The molecule has 2 aromatic rings. The second kappa shape index (κ2) is 13.2. The molecule has 2 rings (SSSR count). The predicted octanol–water partition coefficient (Wildman–Crippen LogP) is 3.46. The molecule has 0 radical (unpaired) electrons. The summed E-state index contributed by atoms with van der Waals surface area (Å²) in [5, 5.41) is 2.95. The molecule has 8 heteroatoms. The maximum atomic E-state index is 13.1. The smallest absolute Gasteiger partial charge is 0.242 e. The van der Waals surface area contributed by atoms with Crippen molar-refractivity contribution in [1.29, 1.82) is 0 Å². The van der Waals surface area contributed by atoms with Gasteiger partial charge in [-0.2, -0.15) is 0 Å². The zero-order valence-corrected chi connectivity index (χ0v) is 21.4. The van der Waals surface area contributed by atoms with Gasteiger partial charge in [-0.15, -0.1) is 0 Å². The molecule has 0 spiro atoms. The lowest BCUT2D eigenvalue weighted by molar-refractivity contribution is -0.140. The molecule has 0 bridgehead atoms. The van der Waals surface area contributed by atoms with Gasteiger partial charge in [-0.05, 0) is 50.8 Å². The quantitative estimate of drug-likeness (QED) is 0.469. The van der Waals surface area contributed by atoms with Crippen molar-refractivity contribution in [2.24, 2.45) is 0 Å². The lowest BCUT2D eigenvalue weighted by atomic mass is 10.1. The van der Waals surface area contributed by atoms with Gasteiger partial charge in [0, 0.05) is 32.6 Å². The first-order valence-electron chi connectivity index (χ1n) is 11.8. The van der Waals surface area contributed by atoms with Crippen LogP contribution in [0.25, 0.3) is 0 Å². The molecule has 34 heavy (non-hydrogen) atoms. The highest BCUT2D eigenvalue weighted by Crippen LogP contribution is 2.15. The van der Waals surface area contributed by atoms with E-state index in [0.29, 0.717) is 19.4 Å². The Labute approximate surface area is 204 Å². The number of carbonyl (C=O) groups excluding carboxylic acids is 2. The molecule has 7 nitrogen and oxygen atoms in total. The average Bonchev–Trinajstić information content (AvgIpc) is 2.84. The molecular formula is C26H37N3O4S. The molecule has 2 amide bonds. The summed E-state index contributed by atoms with van der Waals surface area (Å²) in [5.41, 5.74) is 1.09. The van der Waals surface area contributed by atoms with Gasteiger partial charge in [0.05, 0.1) is 4.90 Å². The van der Waals surface area contributed by atoms with Crippen molar-refractivity contribution in [1.82, 2.24) is 14.5 Å². The number of nitrogens with zero attached hydrogens (tertiary/aromatic N) is 2. The first-order chi connectivity index (χ1) is 16.2. The van der Waals surface area contributed by atoms with Crippen LogP contribution in [0.1, 0.15) is 45.6 Å². The number of rotatable bonds is 13. The fraction of sp³-hybridized carbons (Fsp3) is 0.462. The van der Waals surface area contributed by atoms with E-state index in [1.165, 1.54) is 11.4 Å². The maximum absolute atomic E-state index is 13.1. The third kappa shape index (κ3) is 7.95. The van der Waals surface area contributed by atoms with Crippen LogP contribution in [0.15, 0.2) is 65.6 Å². The van der Waals surface area contributed by atoms with Gasteiger partial charge < -0.3 is 10.2 Å². The Morgan fingerprint density at radius 3 is 2.12 bits per heavy atom. The van der Waals surface area contributed by atoms with Gasteiger partial charge in [0.25, 0.3) is 0 Å². The number of nitrogens with one attached hydrogen (secondary N) is 1. The van der Waals surface area contributed by atoms with E-state index in [2.05, 4.69) is 5.32 Å². The standard InChI is InChI=1S/C26H37N3O4S/c1-5-21(2)27-26(31)22(3)29(20-18-23-13-8-6-9-14-23)25(30)17-12-19-28(4)34(32,33)24-15-10-7-11-16-24/h6-11,13-16,21-22H,5,12,17-20H2,1-4H3,(H,27,31)/t21-,22-/m1/s1. The van der Waals surface area contributed by atoms with Gasteiger partial charge in [0.2, 0.25) is 21.8 Å². The van der Waals surface area contributed by atoms with Crippen molar-refractivity contribution < 1.29 is 18.0 Å². The van der Waals surface area contributed by atoms with Crippen molar-refractivity contribution in [3.63, 3.8) is 0 Å². The Morgan fingerprint density at radius 1 is 0.941 bits per heavy atom. The van der Waals surface area contributed by atoms with Crippen LogP contribution in [0.2, 0.25) is 0 Å². The Kier molecular flexibility index (Phi) is 10.7. The van der Waals surface area contributed by atoms with Gasteiger partial charge in [0.1, 0.15) is 6.04 Å². The number of sulfonamides is 1. The van der Waals surface area contributed by atoms with E-state index in [1.54, 1.807) is 42.2 Å². The summed E-state index contributed by atoms with van der Waals surface area (Å²) in [7, 11) is -2.09. The van der Waals surface area contributed by atoms with Crippen LogP contribution in [0.5, 0.6) is 0 Å². The molecule has 0 aliphatic rings. The lowest BCUT2D eigenvalue weighted by Gasteiger charge is -2.30. The average molecular weight is 488 g/mol. The second-order valence-corrected chi connectivity index (χ2v) is 10.6. The summed E-state index contributed by atoms with van der Waals surface area (Å²) in [4.78, 5) is 27.7. The van der Waals surface area contributed by atoms with Gasteiger partial charge in [0.15, 0.2) is 0 Å². The minimum atomic E-state index is -3.61. The van der Waals surface area contributed by atoms with Crippen LogP contribution in [0.3, 0.4) is 0 Å². The Balaban J connectivity index is 2.02. The predicted molar refractivity (Wildman–Crippen MR) is 135 cm³/mol. The van der Waals surface area contributed by atoms with E-state index in [1.807, 2.05) is 44.2 Å². The van der Waals surface area contributed by atoms with Crippen LogP contribution in [0, 0.1) is 0 Å². The lowest BCUT2D eigenvalue weighted by Crippen LogP contribution is -2.50. The highest BCUT2D eigenvalue weighted by molar-refractivity contribution is 7.89. The molecule has 0 heterocycles. The SMILES string of the molecule is CC[C@@H](C)NC(=O)[C@@H](C)N(CCc1ccccc1)C(=O)CCCN(C)S(=O)(=O)c1ccccc1. The minimum absolute atomic E-state index is 0.0258. The minimum Gasteiger partial charge on any atom is -0.352 e. The van der Waals surface area contributed by atoms with Crippen molar-refractivity contribution in [3.05, 3.63) is 66.2 Å². The normalized spacial score (nSPS) is 13.3. The largest absolute Gasteiger partial charge is 0.352 e. The first kappa shape index (κ1) is 27.5. The fourth-order valence-corrected chi connectivity index (χ4v) is 4.76. The van der Waals surface area contributed by atoms with Gasteiger partial charge in [-0.25, -0.2) is 12.7 Å². The maximum Gasteiger partial charge on any atom is 0.242 e. The molecule has 0 aliphatic heterocycles. The number of hydrogen-bond donors (Lipinski definition) is 1. The monoisotopic (exact) mass is 487 g/mol. The van der Waals surface area contributed by atoms with Crippen LogP contribution in [0.4, 0.5) is 0 Å². The molecule has 1 N–H and O–H groups in total. The summed E-state index contributed by atoms with van der Waals surface area (Å²) >= 11 is 0. The zero-order valence-electron chi connectivity index (χ0n) is 20.6. The molecule has 0 aliphatic carbocycles. The fourth-order valence-electron chi connectivity index (χ4n) is 3.52. The first-order valence-corrected chi connectivity index (χ1v) is 13.3. The van der Waals surface area contributed by atoms with Crippen LogP contribution >= 0.6 is 0 Å². The molecule has 0 saturated heterocycles. The van der Waals surface area contributed by atoms with E-state index in [9.17, 15) is 18.0 Å². The highest BCUT2D eigenvalue weighted by Gasteiger charge is 2.27. The second-order valence-electron chi connectivity index (χ2n) is 8.56. The van der Waals surface area contributed by atoms with Crippen molar-refractivity contribution >= 4 is 21.8 Å². The number of carbonyl (C=O) groups is 2. The molecule has 2 atom stereocenters. The molecule has 0 aromatic heterocycles. The Bertz CT molecular complexity index is 1010. The molecule has 186 valence electrons. The Morgan fingerprint density at radius 2 is 1.53 bits per heavy atom. The topological polar surface area (TPSA) is 86.8 Å². The zero-order chi connectivity index (χ0) is 25.1. The summed E-state index contributed by atoms with van der Waals surface area (Å²) in [5.74, 6) is -0.340. The van der Waals surface area contributed by atoms with E-state index in [-0.39, 0.29) is 35.7 Å². The van der Waals surface area contributed by atoms with Crippen LogP contribution < -0.4 is 5.32 Å². The third-order valence-electron chi connectivity index (χ3n) is 5.97. The third-order valence-corrected chi connectivity index (χ3v) is 7.84. The number of amides is 2. The Hall–Kier alpha value is -2.71. The van der Waals surface area contributed by atoms with Gasteiger partial charge in [-0.1, -0.05) is 55.5 Å².